The Kier molecular flexibility index (Phi) is 8.38. The van der Waals surface area contributed by atoms with Crippen LogP contribution in [-0.4, -0.2) is 31.2 Å². The summed E-state index contributed by atoms with van der Waals surface area (Å²) in [5.41, 5.74) is 0. The van der Waals surface area contributed by atoms with Gasteiger partial charge in [0.1, 0.15) is 0 Å². The van der Waals surface area contributed by atoms with Gasteiger partial charge in [0.05, 0.1) is 26.7 Å². The first-order valence-corrected chi connectivity index (χ1v) is 4.63. The van der Waals surface area contributed by atoms with E-state index in [0.717, 1.165) is 23.9 Å². The van der Waals surface area contributed by atoms with Crippen LogP contribution in [0.2, 0.25) is 0 Å². The molecule has 1 nitrogen and oxygen atoms in total. The third-order valence-electron chi connectivity index (χ3n) is 2.68. The molecule has 0 saturated heterocycles. The molecule has 13 heavy (non-hydrogen) atoms. The summed E-state index contributed by atoms with van der Waals surface area (Å²) in [6.07, 6.45) is 6.16. The van der Waals surface area contributed by atoms with E-state index in [4.69, 9.17) is 0 Å². The van der Waals surface area contributed by atoms with Crippen LogP contribution in [-0.2, 0) is 0 Å². The minimum atomic E-state index is 0. The van der Waals surface area contributed by atoms with Gasteiger partial charge in [0, 0.05) is 12.8 Å². The van der Waals surface area contributed by atoms with Gasteiger partial charge in [0.15, 0.2) is 0 Å². The number of nitrogens with zero attached hydrogens (tertiary/aromatic N) is 1. The van der Waals surface area contributed by atoms with E-state index >= 15 is 0 Å². The molecule has 0 aliphatic rings. The Morgan fingerprint density at radius 1 is 1.15 bits per heavy atom. The molecule has 0 N–H and O–H groups in total. The fourth-order valence-electron chi connectivity index (χ4n) is 1.31. The molecule has 0 fully saturated rings. The van der Waals surface area contributed by atoms with Crippen molar-refractivity contribution in [2.45, 2.75) is 25.8 Å². The summed E-state index contributed by atoms with van der Waals surface area (Å²) < 4.78 is 1.05. The van der Waals surface area contributed by atoms with Gasteiger partial charge in [-0.15, -0.1) is 13.2 Å². The molecule has 0 heterocycles. The van der Waals surface area contributed by atoms with Gasteiger partial charge in [0.2, 0.25) is 0 Å². The summed E-state index contributed by atoms with van der Waals surface area (Å²) in [6.45, 7) is 11.0. The fourth-order valence-corrected chi connectivity index (χ4v) is 1.31. The Morgan fingerprint density at radius 2 is 1.54 bits per heavy atom. The van der Waals surface area contributed by atoms with E-state index in [9.17, 15) is 0 Å². The normalized spacial score (nSPS) is 10.8. The van der Waals surface area contributed by atoms with E-state index in [1.54, 1.807) is 0 Å². The van der Waals surface area contributed by atoms with E-state index in [-0.39, 0.29) is 12.4 Å². The van der Waals surface area contributed by atoms with Crippen molar-refractivity contribution in [3.05, 3.63) is 25.3 Å². The molecule has 0 aliphatic heterocycles. The Morgan fingerprint density at radius 3 is 1.77 bits per heavy atom. The Labute approximate surface area is 89.1 Å². The van der Waals surface area contributed by atoms with Gasteiger partial charge in [-0.2, -0.15) is 0 Å². The highest BCUT2D eigenvalue weighted by Crippen LogP contribution is 2.14. The van der Waals surface area contributed by atoms with Crippen LogP contribution >= 0.6 is 0 Å². The van der Waals surface area contributed by atoms with Crippen molar-refractivity contribution < 1.29 is 16.9 Å². The van der Waals surface area contributed by atoms with E-state index in [1.165, 1.54) is 0 Å². The highest BCUT2D eigenvalue weighted by Gasteiger charge is 2.23. The Bertz CT molecular complexity index is 142. The standard InChI is InChI=1S/C11H22N.ClH/c1-6-9-11(10-7-2)12(4,5)8-3;/h6-7,11H,1-2,8-10H2,3-5H3;1H/q+1;/p-1. The van der Waals surface area contributed by atoms with Crippen LogP contribution in [0, 0.1) is 0 Å². The van der Waals surface area contributed by atoms with Crippen LogP contribution in [0.4, 0.5) is 0 Å². The predicted molar refractivity (Wildman–Crippen MR) is 56.1 cm³/mol. The third kappa shape index (κ3) is 5.12. The zero-order chi connectivity index (χ0) is 9.61. The van der Waals surface area contributed by atoms with E-state index in [2.05, 4.69) is 34.2 Å². The van der Waals surface area contributed by atoms with Crippen molar-refractivity contribution in [1.29, 1.82) is 0 Å². The quantitative estimate of drug-likeness (QED) is 0.408. The molecule has 0 bridgehead atoms. The number of quaternary nitrogens is 1. The highest BCUT2D eigenvalue weighted by atomic mass is 35.5. The number of halogens is 1. The van der Waals surface area contributed by atoms with Gasteiger partial charge in [-0.25, -0.2) is 0 Å². The smallest absolute Gasteiger partial charge is 0.0955 e. The van der Waals surface area contributed by atoms with Gasteiger partial charge in [0.25, 0.3) is 0 Å². The maximum Gasteiger partial charge on any atom is 0.0955 e. The molecule has 0 aromatic heterocycles. The van der Waals surface area contributed by atoms with Crippen LogP contribution in [0.25, 0.3) is 0 Å². The van der Waals surface area contributed by atoms with E-state index < -0.39 is 0 Å². The van der Waals surface area contributed by atoms with Crippen LogP contribution < -0.4 is 12.4 Å². The lowest BCUT2D eigenvalue weighted by Gasteiger charge is -2.36. The van der Waals surface area contributed by atoms with E-state index in [0.29, 0.717) is 6.04 Å². The van der Waals surface area contributed by atoms with Gasteiger partial charge >= 0.3 is 0 Å². The molecule has 0 aromatic carbocycles. The van der Waals surface area contributed by atoms with Gasteiger partial charge in [-0.3, -0.25) is 0 Å². The van der Waals surface area contributed by atoms with Gasteiger partial charge < -0.3 is 16.9 Å². The zero-order valence-corrected chi connectivity index (χ0v) is 9.85. The minimum Gasteiger partial charge on any atom is -1.00 e. The molecule has 0 aromatic rings. The fraction of sp³-hybridized carbons (Fsp3) is 0.636. The summed E-state index contributed by atoms with van der Waals surface area (Å²) in [6, 6.07) is 0.644. The average Bonchev–Trinajstić information content (AvgIpc) is 2.04. The molecule has 0 saturated carbocycles. The summed E-state index contributed by atoms with van der Waals surface area (Å²) in [5, 5.41) is 0. The van der Waals surface area contributed by atoms with E-state index in [1.807, 2.05) is 12.2 Å². The second-order valence-electron chi connectivity index (χ2n) is 3.80. The van der Waals surface area contributed by atoms with Crippen molar-refractivity contribution in [1.82, 2.24) is 0 Å². The summed E-state index contributed by atoms with van der Waals surface area (Å²) in [4.78, 5) is 0. The zero-order valence-electron chi connectivity index (χ0n) is 9.09. The highest BCUT2D eigenvalue weighted by molar-refractivity contribution is 4.80. The van der Waals surface area contributed by atoms with Crippen LogP contribution in [0.1, 0.15) is 19.8 Å². The summed E-state index contributed by atoms with van der Waals surface area (Å²) in [5.74, 6) is 0. The van der Waals surface area contributed by atoms with Gasteiger partial charge in [-0.1, -0.05) is 12.2 Å². The average molecular weight is 204 g/mol. The largest absolute Gasteiger partial charge is 1.00 e. The second kappa shape index (κ2) is 7.16. The number of hydrogen-bond donors (Lipinski definition) is 0. The predicted octanol–water partition coefficient (Wildman–Crippen LogP) is -0.392. The summed E-state index contributed by atoms with van der Waals surface area (Å²) >= 11 is 0. The third-order valence-corrected chi connectivity index (χ3v) is 2.68. The van der Waals surface area contributed by atoms with Crippen molar-refractivity contribution in [3.8, 4) is 0 Å². The molecular weight excluding hydrogens is 182 g/mol. The lowest BCUT2D eigenvalue weighted by molar-refractivity contribution is -0.912. The number of rotatable bonds is 6. The molecule has 0 spiro atoms. The maximum absolute atomic E-state index is 3.79. The molecule has 0 amide bonds. The lowest BCUT2D eigenvalue weighted by Crippen LogP contribution is -3.00. The Balaban J connectivity index is 0. The van der Waals surface area contributed by atoms with Crippen molar-refractivity contribution in [2.24, 2.45) is 0 Å². The van der Waals surface area contributed by atoms with Crippen LogP contribution in [0.3, 0.4) is 0 Å². The molecule has 78 valence electrons. The monoisotopic (exact) mass is 203 g/mol. The van der Waals surface area contributed by atoms with Gasteiger partial charge in [-0.05, 0) is 6.92 Å². The topological polar surface area (TPSA) is 0 Å². The van der Waals surface area contributed by atoms with Crippen molar-refractivity contribution in [2.75, 3.05) is 20.6 Å². The second-order valence-corrected chi connectivity index (χ2v) is 3.80. The first-order chi connectivity index (χ1) is 5.58. The molecule has 0 atom stereocenters. The minimum absolute atomic E-state index is 0. The summed E-state index contributed by atoms with van der Waals surface area (Å²) in [7, 11) is 4.52. The van der Waals surface area contributed by atoms with Crippen LogP contribution in [0.15, 0.2) is 25.3 Å². The molecule has 0 radical (unpaired) electrons. The molecule has 0 aliphatic carbocycles. The molecule has 2 heteroatoms. The molecule has 0 unspecified atom stereocenters. The van der Waals surface area contributed by atoms with Crippen molar-refractivity contribution in [3.63, 3.8) is 0 Å². The van der Waals surface area contributed by atoms with Crippen LogP contribution in [0.5, 0.6) is 0 Å². The molecule has 0 rings (SSSR count). The number of hydrogen-bond acceptors (Lipinski definition) is 0. The first-order valence-electron chi connectivity index (χ1n) is 4.63. The maximum atomic E-state index is 3.79. The SMILES string of the molecule is C=CCC(CC=C)[N+](C)(C)CC.[Cl-]. The Hall–Kier alpha value is -0.270. The molecular formula is C11H22ClN. The lowest BCUT2D eigenvalue weighted by atomic mass is 10.1. The first kappa shape index (κ1) is 15.2. The van der Waals surface area contributed by atoms with Crippen molar-refractivity contribution >= 4 is 0 Å².